The van der Waals surface area contributed by atoms with Crippen molar-refractivity contribution < 1.29 is 13.9 Å². The van der Waals surface area contributed by atoms with Crippen molar-refractivity contribution in [3.63, 3.8) is 0 Å². The summed E-state index contributed by atoms with van der Waals surface area (Å²) in [6, 6.07) is -0.362. The number of piperidine rings is 1. The fraction of sp³-hybridized carbons (Fsp3) is 0.545. The summed E-state index contributed by atoms with van der Waals surface area (Å²) in [5, 5.41) is 0. The summed E-state index contributed by atoms with van der Waals surface area (Å²) in [6.07, 6.45) is 4.86. The Morgan fingerprint density at radius 3 is 2.82 bits per heavy atom. The number of hydrogen-bond acceptors (Lipinski definition) is 5. The summed E-state index contributed by atoms with van der Waals surface area (Å²) in [7, 11) is 1.36. The van der Waals surface area contributed by atoms with Crippen LogP contribution in [0.4, 0.5) is 10.3 Å². The quantitative estimate of drug-likeness (QED) is 0.724. The van der Waals surface area contributed by atoms with Crippen LogP contribution < -0.4 is 4.90 Å². The summed E-state index contributed by atoms with van der Waals surface area (Å²) in [5.41, 5.74) is 0. The zero-order valence-corrected chi connectivity index (χ0v) is 9.60. The van der Waals surface area contributed by atoms with Gasteiger partial charge in [0, 0.05) is 6.54 Å². The van der Waals surface area contributed by atoms with Crippen LogP contribution >= 0.6 is 0 Å². The minimum atomic E-state index is -0.486. The van der Waals surface area contributed by atoms with Crippen LogP contribution in [0.3, 0.4) is 0 Å². The maximum Gasteiger partial charge on any atom is 0.328 e. The highest BCUT2D eigenvalue weighted by Crippen LogP contribution is 2.22. The molecule has 2 heterocycles. The Bertz CT molecular complexity index is 396. The van der Waals surface area contributed by atoms with Crippen molar-refractivity contribution in [2.75, 3.05) is 18.6 Å². The largest absolute Gasteiger partial charge is 0.467 e. The highest BCUT2D eigenvalue weighted by molar-refractivity contribution is 5.79. The number of hydrogen-bond donors (Lipinski definition) is 0. The van der Waals surface area contributed by atoms with E-state index in [1.807, 2.05) is 0 Å². The predicted octanol–water partition coefficient (Wildman–Crippen LogP) is 1.15. The number of anilines is 1. The zero-order valence-electron chi connectivity index (χ0n) is 9.60. The van der Waals surface area contributed by atoms with Gasteiger partial charge < -0.3 is 9.64 Å². The van der Waals surface area contributed by atoms with Crippen LogP contribution in [0.25, 0.3) is 0 Å². The lowest BCUT2D eigenvalue weighted by molar-refractivity contribution is -0.142. The molecule has 2 rings (SSSR count). The van der Waals surface area contributed by atoms with E-state index in [9.17, 15) is 9.18 Å². The van der Waals surface area contributed by atoms with Crippen LogP contribution in [0.1, 0.15) is 19.3 Å². The number of rotatable bonds is 2. The van der Waals surface area contributed by atoms with E-state index in [4.69, 9.17) is 4.74 Å². The third kappa shape index (κ3) is 2.51. The molecule has 0 aliphatic carbocycles. The van der Waals surface area contributed by atoms with Gasteiger partial charge in [0.25, 0.3) is 0 Å². The van der Waals surface area contributed by atoms with E-state index in [2.05, 4.69) is 9.97 Å². The summed E-state index contributed by atoms with van der Waals surface area (Å²) >= 11 is 0. The van der Waals surface area contributed by atoms with Crippen molar-refractivity contribution in [3.8, 4) is 0 Å². The average molecular weight is 239 g/mol. The summed E-state index contributed by atoms with van der Waals surface area (Å²) < 4.78 is 17.5. The molecule has 1 aliphatic rings. The molecule has 1 aliphatic heterocycles. The molecule has 0 aromatic carbocycles. The number of carbonyl (C=O) groups excluding carboxylic acids is 1. The molecule has 0 radical (unpaired) electrons. The molecule has 1 aromatic rings. The molecule has 1 atom stereocenters. The van der Waals surface area contributed by atoms with Crippen molar-refractivity contribution in [2.24, 2.45) is 0 Å². The molecule has 1 saturated heterocycles. The number of halogens is 1. The summed E-state index contributed by atoms with van der Waals surface area (Å²) in [6.45, 7) is 0.686. The molecule has 1 unspecified atom stereocenters. The Morgan fingerprint density at radius 1 is 1.47 bits per heavy atom. The van der Waals surface area contributed by atoms with Gasteiger partial charge in [-0.3, -0.25) is 0 Å². The standard InChI is InChI=1S/C11H14FN3O2/c1-17-10(16)9-4-2-3-5-15(9)11-13-6-8(12)7-14-11/h6-7,9H,2-5H2,1H3. The molecular formula is C11H14FN3O2. The fourth-order valence-corrected chi connectivity index (χ4v) is 2.01. The maximum absolute atomic E-state index is 12.7. The lowest BCUT2D eigenvalue weighted by Crippen LogP contribution is -2.46. The van der Waals surface area contributed by atoms with Gasteiger partial charge in [0.1, 0.15) is 6.04 Å². The van der Waals surface area contributed by atoms with Gasteiger partial charge in [-0.05, 0) is 19.3 Å². The Hall–Kier alpha value is -1.72. The van der Waals surface area contributed by atoms with Crippen molar-refractivity contribution >= 4 is 11.9 Å². The first kappa shape index (κ1) is 11.8. The Kier molecular flexibility index (Phi) is 3.51. The van der Waals surface area contributed by atoms with Gasteiger partial charge in [0.2, 0.25) is 5.95 Å². The molecule has 92 valence electrons. The van der Waals surface area contributed by atoms with E-state index < -0.39 is 5.82 Å². The van der Waals surface area contributed by atoms with E-state index in [0.29, 0.717) is 18.9 Å². The average Bonchev–Trinajstić information content (AvgIpc) is 2.39. The van der Waals surface area contributed by atoms with Gasteiger partial charge in [-0.2, -0.15) is 0 Å². The highest BCUT2D eigenvalue weighted by atomic mass is 19.1. The fourth-order valence-electron chi connectivity index (χ4n) is 2.01. The molecule has 1 aromatic heterocycles. The molecule has 5 nitrogen and oxygen atoms in total. The van der Waals surface area contributed by atoms with Crippen LogP contribution in [-0.4, -0.2) is 35.6 Å². The topological polar surface area (TPSA) is 55.3 Å². The molecule has 1 fully saturated rings. The second-order valence-electron chi connectivity index (χ2n) is 3.93. The predicted molar refractivity (Wildman–Crippen MR) is 59.0 cm³/mol. The lowest BCUT2D eigenvalue weighted by Gasteiger charge is -2.33. The van der Waals surface area contributed by atoms with E-state index >= 15 is 0 Å². The van der Waals surface area contributed by atoms with Crippen molar-refractivity contribution in [1.29, 1.82) is 0 Å². The van der Waals surface area contributed by atoms with Gasteiger partial charge in [0.05, 0.1) is 19.5 Å². The zero-order chi connectivity index (χ0) is 12.3. The van der Waals surface area contributed by atoms with E-state index in [1.165, 1.54) is 7.11 Å². The highest BCUT2D eigenvalue weighted by Gasteiger charge is 2.31. The molecular weight excluding hydrogens is 225 g/mol. The smallest absolute Gasteiger partial charge is 0.328 e. The maximum atomic E-state index is 12.7. The third-order valence-electron chi connectivity index (χ3n) is 2.84. The first-order valence-electron chi connectivity index (χ1n) is 5.54. The van der Waals surface area contributed by atoms with Gasteiger partial charge in [-0.1, -0.05) is 0 Å². The van der Waals surface area contributed by atoms with Crippen LogP contribution in [0, 0.1) is 5.82 Å². The SMILES string of the molecule is COC(=O)C1CCCCN1c1ncc(F)cn1. The molecule has 6 heteroatoms. The number of carbonyl (C=O) groups is 1. The second-order valence-corrected chi connectivity index (χ2v) is 3.93. The van der Waals surface area contributed by atoms with Crippen LogP contribution in [0.5, 0.6) is 0 Å². The van der Waals surface area contributed by atoms with Gasteiger partial charge in [0.15, 0.2) is 5.82 Å². The Balaban J connectivity index is 2.21. The van der Waals surface area contributed by atoms with Crippen molar-refractivity contribution in [3.05, 3.63) is 18.2 Å². The lowest BCUT2D eigenvalue weighted by atomic mass is 10.0. The molecule has 0 amide bonds. The van der Waals surface area contributed by atoms with Gasteiger partial charge in [-0.15, -0.1) is 0 Å². The monoisotopic (exact) mass is 239 g/mol. The molecule has 0 N–H and O–H groups in total. The minimum absolute atomic E-state index is 0.294. The van der Waals surface area contributed by atoms with E-state index in [-0.39, 0.29) is 12.0 Å². The molecule has 0 spiro atoms. The number of aromatic nitrogens is 2. The number of nitrogens with zero attached hydrogens (tertiary/aromatic N) is 3. The first-order chi connectivity index (χ1) is 8.22. The molecule has 0 saturated carbocycles. The van der Waals surface area contributed by atoms with E-state index in [1.54, 1.807) is 4.90 Å². The van der Waals surface area contributed by atoms with Gasteiger partial charge >= 0.3 is 5.97 Å². The van der Waals surface area contributed by atoms with Crippen LogP contribution in [0.15, 0.2) is 12.4 Å². The van der Waals surface area contributed by atoms with Crippen LogP contribution in [-0.2, 0) is 9.53 Å². The third-order valence-corrected chi connectivity index (χ3v) is 2.84. The van der Waals surface area contributed by atoms with E-state index in [0.717, 1.165) is 25.2 Å². The first-order valence-corrected chi connectivity index (χ1v) is 5.54. The number of methoxy groups -OCH3 is 1. The normalized spacial score (nSPS) is 20.1. The second kappa shape index (κ2) is 5.07. The Morgan fingerprint density at radius 2 is 2.18 bits per heavy atom. The van der Waals surface area contributed by atoms with Gasteiger partial charge in [-0.25, -0.2) is 19.2 Å². The number of esters is 1. The molecule has 17 heavy (non-hydrogen) atoms. The van der Waals surface area contributed by atoms with Crippen molar-refractivity contribution in [1.82, 2.24) is 9.97 Å². The van der Waals surface area contributed by atoms with Crippen LogP contribution in [0.2, 0.25) is 0 Å². The minimum Gasteiger partial charge on any atom is -0.467 e. The summed E-state index contributed by atoms with van der Waals surface area (Å²) in [5.74, 6) is -0.403. The number of ether oxygens (including phenoxy) is 1. The Labute approximate surface area is 98.6 Å². The van der Waals surface area contributed by atoms with Crippen molar-refractivity contribution in [2.45, 2.75) is 25.3 Å². The molecule has 0 bridgehead atoms. The summed E-state index contributed by atoms with van der Waals surface area (Å²) in [4.78, 5) is 21.2.